The summed E-state index contributed by atoms with van der Waals surface area (Å²) in [6, 6.07) is 12.4. The number of hydrogen-bond acceptors (Lipinski definition) is 2. The minimum atomic E-state index is -1.85. The van der Waals surface area contributed by atoms with Gasteiger partial charge >= 0.3 is 0 Å². The van der Waals surface area contributed by atoms with Crippen molar-refractivity contribution < 1.29 is 13.8 Å². The van der Waals surface area contributed by atoms with Crippen LogP contribution in [0.4, 0.5) is 0 Å². The van der Waals surface area contributed by atoms with Crippen LogP contribution >= 0.6 is 0 Å². The highest BCUT2D eigenvalue weighted by Gasteiger charge is 2.41. The van der Waals surface area contributed by atoms with Crippen LogP contribution in [0.1, 0.15) is 131 Å². The maximum absolute atomic E-state index is 13.6. The number of aryl methyl sites for hydroxylation is 1. The first-order valence-electron chi connectivity index (χ1n) is 16.1. The van der Waals surface area contributed by atoms with Gasteiger partial charge < -0.3 is 4.43 Å². The Bertz CT molecular complexity index is 1000. The van der Waals surface area contributed by atoms with Crippen molar-refractivity contribution in [1.29, 1.82) is 0 Å². The van der Waals surface area contributed by atoms with E-state index in [0.717, 1.165) is 31.2 Å². The molecular formula is C35H56NO2Si+. The first-order valence-corrected chi connectivity index (χ1v) is 19.5. The van der Waals surface area contributed by atoms with Gasteiger partial charge in [0.15, 0.2) is 20.2 Å². The highest BCUT2D eigenvalue weighted by atomic mass is 28.4. The standard InChI is InChI=1S/C35H56NO2Si/c1-6-8-25-35(26-9-7-2,38-39(3,4)5)32-27-30-21-17-14-12-10-11-13-15-20-24-33(32)36(28-30)29-34(37)31-22-18-16-19-23-31/h16,18-19,22-23,27-28H,6-15,17,20-21,24-26,29H2,1-5H3/q+1. The van der Waals surface area contributed by atoms with Crippen molar-refractivity contribution in [2.24, 2.45) is 0 Å². The minimum Gasteiger partial charge on any atom is -0.408 e. The molecule has 1 aromatic carbocycles. The molecule has 1 aliphatic carbocycles. The number of ketones is 1. The number of pyridine rings is 1. The highest BCUT2D eigenvalue weighted by molar-refractivity contribution is 6.69. The molecule has 4 heteroatoms. The number of Topliss-reactive ketones (excluding diaryl/α,β-unsaturated/α-hetero) is 1. The van der Waals surface area contributed by atoms with E-state index in [1.165, 1.54) is 93.9 Å². The third-order valence-corrected chi connectivity index (χ3v) is 9.21. The van der Waals surface area contributed by atoms with Gasteiger partial charge in [0.05, 0.1) is 11.2 Å². The normalized spacial score (nSPS) is 15.7. The summed E-state index contributed by atoms with van der Waals surface area (Å²) in [5.74, 6) is 0.199. The molecule has 4 rings (SSSR count). The summed E-state index contributed by atoms with van der Waals surface area (Å²) in [6.07, 6.45) is 21.6. The van der Waals surface area contributed by atoms with Gasteiger partial charge in [0.2, 0.25) is 12.3 Å². The molecule has 0 unspecified atom stereocenters. The van der Waals surface area contributed by atoms with Crippen LogP contribution in [-0.2, 0) is 29.4 Å². The number of benzene rings is 1. The molecule has 0 atom stereocenters. The average Bonchev–Trinajstić information content (AvgIpc) is 2.91. The zero-order chi connectivity index (χ0) is 28.1. The van der Waals surface area contributed by atoms with E-state index in [4.69, 9.17) is 4.43 Å². The molecule has 0 N–H and O–H groups in total. The molecule has 0 radical (unpaired) electrons. The summed E-state index contributed by atoms with van der Waals surface area (Å²) >= 11 is 0. The molecule has 1 aromatic heterocycles. The fraction of sp³-hybridized carbons (Fsp3) is 0.657. The Hall–Kier alpha value is -1.78. The van der Waals surface area contributed by atoms with Crippen LogP contribution < -0.4 is 4.57 Å². The molecule has 0 fully saturated rings. The second-order valence-corrected chi connectivity index (χ2v) is 17.3. The van der Waals surface area contributed by atoms with Gasteiger partial charge in [-0.1, -0.05) is 108 Å². The van der Waals surface area contributed by atoms with E-state index in [0.29, 0.717) is 6.54 Å². The number of carbonyl (C=O) groups is 1. The van der Waals surface area contributed by atoms with E-state index in [2.05, 4.69) is 50.3 Å². The molecule has 2 bridgehead atoms. The first kappa shape index (κ1) is 31.7. The van der Waals surface area contributed by atoms with Crippen molar-refractivity contribution in [2.45, 2.75) is 148 Å². The Morgan fingerprint density at radius 1 is 0.846 bits per heavy atom. The molecule has 39 heavy (non-hydrogen) atoms. The summed E-state index contributed by atoms with van der Waals surface area (Å²) in [5, 5.41) is 0. The molecule has 3 nitrogen and oxygen atoms in total. The number of aromatic nitrogens is 1. The van der Waals surface area contributed by atoms with Crippen LogP contribution in [0.5, 0.6) is 0 Å². The van der Waals surface area contributed by atoms with E-state index in [-0.39, 0.29) is 11.4 Å². The number of nitrogens with zero attached hydrogens (tertiary/aromatic N) is 1. The topological polar surface area (TPSA) is 30.2 Å². The predicted octanol–water partition coefficient (Wildman–Crippen LogP) is 9.50. The van der Waals surface area contributed by atoms with Gasteiger partial charge in [-0.05, 0) is 57.8 Å². The van der Waals surface area contributed by atoms with Crippen LogP contribution in [0, 0.1) is 0 Å². The van der Waals surface area contributed by atoms with Crippen LogP contribution in [0.3, 0.4) is 0 Å². The zero-order valence-electron chi connectivity index (χ0n) is 25.8. The monoisotopic (exact) mass is 550 g/mol. The van der Waals surface area contributed by atoms with Gasteiger partial charge in [-0.3, -0.25) is 4.79 Å². The second-order valence-electron chi connectivity index (χ2n) is 12.9. The maximum Gasteiger partial charge on any atom is 0.227 e. The lowest BCUT2D eigenvalue weighted by molar-refractivity contribution is -0.691. The van der Waals surface area contributed by atoms with Gasteiger partial charge in [0.1, 0.15) is 0 Å². The Balaban J connectivity index is 2.20. The van der Waals surface area contributed by atoms with Crippen molar-refractivity contribution >= 4 is 14.1 Å². The van der Waals surface area contributed by atoms with Gasteiger partial charge in [0, 0.05) is 17.5 Å². The molecule has 2 aliphatic rings. The van der Waals surface area contributed by atoms with Crippen molar-refractivity contribution in [2.75, 3.05) is 0 Å². The third-order valence-electron chi connectivity index (χ3n) is 8.21. The molecule has 0 amide bonds. The summed E-state index contributed by atoms with van der Waals surface area (Å²) in [5.41, 5.74) is 4.67. The molecule has 0 saturated heterocycles. The van der Waals surface area contributed by atoms with Gasteiger partial charge in [-0.2, -0.15) is 4.57 Å². The number of unbranched alkanes of at least 4 members (excludes halogenated alkanes) is 2. The number of carbonyl (C=O) groups excluding carboxylic acids is 1. The first-order chi connectivity index (χ1) is 18.8. The van der Waals surface area contributed by atoms with Crippen LogP contribution in [0.25, 0.3) is 0 Å². The average molecular weight is 551 g/mol. The predicted molar refractivity (Wildman–Crippen MR) is 167 cm³/mol. The van der Waals surface area contributed by atoms with Crippen LogP contribution in [0.15, 0.2) is 42.6 Å². The Morgan fingerprint density at radius 2 is 1.41 bits per heavy atom. The number of hydrogen-bond donors (Lipinski definition) is 0. The lowest BCUT2D eigenvalue weighted by atomic mass is 9.81. The summed E-state index contributed by atoms with van der Waals surface area (Å²) in [7, 11) is -1.85. The number of fused-ring (bicyclic) bond motifs is 11. The highest BCUT2D eigenvalue weighted by Crippen LogP contribution is 2.41. The Kier molecular flexibility index (Phi) is 12.9. The molecule has 2 heterocycles. The van der Waals surface area contributed by atoms with E-state index in [1.807, 2.05) is 30.3 Å². The van der Waals surface area contributed by atoms with Gasteiger partial charge in [-0.25, -0.2) is 0 Å². The van der Waals surface area contributed by atoms with Crippen LogP contribution in [0.2, 0.25) is 19.6 Å². The van der Waals surface area contributed by atoms with Crippen LogP contribution in [-0.4, -0.2) is 14.1 Å². The molecular weight excluding hydrogens is 494 g/mol. The van der Waals surface area contributed by atoms with Crippen molar-refractivity contribution in [3.05, 3.63) is 65.0 Å². The van der Waals surface area contributed by atoms with E-state index >= 15 is 0 Å². The van der Waals surface area contributed by atoms with Gasteiger partial charge in [0.25, 0.3) is 0 Å². The van der Waals surface area contributed by atoms with Gasteiger partial charge in [-0.15, -0.1) is 0 Å². The lowest BCUT2D eigenvalue weighted by Gasteiger charge is -2.40. The molecule has 1 aliphatic heterocycles. The van der Waals surface area contributed by atoms with E-state index < -0.39 is 8.32 Å². The van der Waals surface area contributed by atoms with E-state index in [9.17, 15) is 4.79 Å². The summed E-state index contributed by atoms with van der Waals surface area (Å²) in [6.45, 7) is 12.1. The quantitative estimate of drug-likeness (QED) is 0.150. The molecule has 0 spiro atoms. The molecule has 216 valence electrons. The summed E-state index contributed by atoms with van der Waals surface area (Å²) < 4.78 is 9.69. The summed E-state index contributed by atoms with van der Waals surface area (Å²) in [4.78, 5) is 13.6. The zero-order valence-corrected chi connectivity index (χ0v) is 26.8. The SMILES string of the molecule is CCCCC(CCCC)(O[Si](C)(C)C)c1cc2c[n+](CC(=O)c3ccccc3)c1CCCCCCCCCC2. The smallest absolute Gasteiger partial charge is 0.227 e. The van der Waals surface area contributed by atoms with Crippen molar-refractivity contribution in [3.8, 4) is 0 Å². The number of rotatable bonds is 12. The van der Waals surface area contributed by atoms with E-state index in [1.54, 1.807) is 0 Å². The Morgan fingerprint density at radius 3 is 1.97 bits per heavy atom. The lowest BCUT2D eigenvalue weighted by Crippen LogP contribution is -2.48. The van der Waals surface area contributed by atoms with Crippen molar-refractivity contribution in [1.82, 2.24) is 0 Å². The fourth-order valence-electron chi connectivity index (χ4n) is 6.30. The van der Waals surface area contributed by atoms with Crippen molar-refractivity contribution in [3.63, 3.8) is 0 Å². The maximum atomic E-state index is 13.6. The molecule has 2 aromatic rings. The fourth-order valence-corrected chi connectivity index (χ4v) is 7.79. The largest absolute Gasteiger partial charge is 0.408 e. The Labute approximate surface area is 240 Å². The molecule has 0 saturated carbocycles. The third kappa shape index (κ3) is 9.97. The second kappa shape index (κ2) is 15.9. The minimum absolute atomic E-state index is 0.199.